The number of nitrogens with zero attached hydrogens (tertiary/aromatic N) is 1. The van der Waals surface area contributed by atoms with Crippen LogP contribution in [0, 0.1) is 0 Å². The molecule has 1 aromatic heterocycles. The van der Waals surface area contributed by atoms with Crippen LogP contribution in [-0.4, -0.2) is 23.5 Å². The van der Waals surface area contributed by atoms with E-state index in [1.165, 1.54) is 0 Å². The predicted octanol–water partition coefficient (Wildman–Crippen LogP) is 2.50. The van der Waals surface area contributed by atoms with E-state index in [2.05, 4.69) is 31.0 Å². The quantitative estimate of drug-likeness (QED) is 0.524. The number of nitrogens with one attached hydrogen (secondary N) is 1. The van der Waals surface area contributed by atoms with Gasteiger partial charge in [0.05, 0.1) is 6.61 Å². The average molecular weight is 323 g/mol. The smallest absolute Gasteiger partial charge is 0.397 e. The van der Waals surface area contributed by atoms with Crippen LogP contribution in [0.15, 0.2) is 34.9 Å². The zero-order valence-corrected chi connectivity index (χ0v) is 11.7. The van der Waals surface area contributed by atoms with E-state index >= 15 is 0 Å². The summed E-state index contributed by atoms with van der Waals surface area (Å²) in [5, 5.41) is 4.24. The summed E-state index contributed by atoms with van der Waals surface area (Å²) in [6.45, 7) is 1.79. The highest BCUT2D eigenvalue weighted by atomic mass is 79.9. The molecular weight excluding hydrogens is 312 g/mol. The van der Waals surface area contributed by atoms with Crippen LogP contribution in [0.25, 0.3) is 10.8 Å². The van der Waals surface area contributed by atoms with Crippen LogP contribution in [0.4, 0.5) is 5.82 Å². The second-order valence-corrected chi connectivity index (χ2v) is 4.45. The van der Waals surface area contributed by atoms with Crippen LogP contribution in [-0.2, 0) is 14.3 Å². The second-order valence-electron chi connectivity index (χ2n) is 3.69. The number of halogens is 1. The molecule has 0 aliphatic carbocycles. The molecular formula is C13H11BrN2O3. The van der Waals surface area contributed by atoms with E-state index in [1.807, 2.05) is 24.3 Å². The van der Waals surface area contributed by atoms with Crippen molar-refractivity contribution >= 4 is 44.4 Å². The molecule has 1 heterocycles. The summed E-state index contributed by atoms with van der Waals surface area (Å²) >= 11 is 3.33. The molecule has 1 amide bonds. The first-order valence-corrected chi connectivity index (χ1v) is 6.44. The number of anilines is 1. The minimum absolute atomic E-state index is 0.154. The normalized spacial score (nSPS) is 10.2. The molecule has 0 fully saturated rings. The highest BCUT2D eigenvalue weighted by molar-refractivity contribution is 9.10. The second kappa shape index (κ2) is 5.79. The summed E-state index contributed by atoms with van der Waals surface area (Å²) in [6.07, 6.45) is 0. The van der Waals surface area contributed by atoms with E-state index in [1.54, 1.807) is 13.0 Å². The Morgan fingerprint density at radius 2 is 2.11 bits per heavy atom. The molecule has 0 saturated carbocycles. The Balaban J connectivity index is 2.26. The minimum Gasteiger partial charge on any atom is -0.459 e. The molecule has 0 saturated heterocycles. The molecule has 6 heteroatoms. The molecule has 0 atom stereocenters. The fraction of sp³-hybridized carbons (Fsp3) is 0.154. The lowest BCUT2D eigenvalue weighted by atomic mass is 10.2. The van der Waals surface area contributed by atoms with Gasteiger partial charge < -0.3 is 10.1 Å². The zero-order valence-electron chi connectivity index (χ0n) is 10.1. The molecule has 5 nitrogen and oxygen atoms in total. The van der Waals surface area contributed by atoms with Gasteiger partial charge in [0.15, 0.2) is 0 Å². The van der Waals surface area contributed by atoms with E-state index in [0.29, 0.717) is 10.4 Å². The van der Waals surface area contributed by atoms with Crippen molar-refractivity contribution in [1.82, 2.24) is 4.98 Å². The number of esters is 1. The Labute approximate surface area is 118 Å². The lowest BCUT2D eigenvalue weighted by molar-refractivity contribution is -0.152. The lowest BCUT2D eigenvalue weighted by Gasteiger charge is -2.06. The zero-order chi connectivity index (χ0) is 13.8. The summed E-state index contributed by atoms with van der Waals surface area (Å²) in [5.74, 6) is -1.46. The van der Waals surface area contributed by atoms with Gasteiger partial charge in [-0.15, -0.1) is 0 Å². The first-order valence-electron chi connectivity index (χ1n) is 5.65. The van der Waals surface area contributed by atoms with Gasteiger partial charge >= 0.3 is 11.9 Å². The predicted molar refractivity (Wildman–Crippen MR) is 74.7 cm³/mol. The summed E-state index contributed by atoms with van der Waals surface area (Å²) in [5.41, 5.74) is 0. The van der Waals surface area contributed by atoms with E-state index in [-0.39, 0.29) is 6.61 Å². The van der Waals surface area contributed by atoms with Gasteiger partial charge in [0.2, 0.25) is 0 Å². The number of ether oxygens (including phenoxy) is 1. The first kappa shape index (κ1) is 13.5. The van der Waals surface area contributed by atoms with Crippen molar-refractivity contribution in [1.29, 1.82) is 0 Å². The SMILES string of the molecule is CCOC(=O)C(=O)Nc1cc2ccccc2c(Br)n1. The molecule has 19 heavy (non-hydrogen) atoms. The van der Waals surface area contributed by atoms with Crippen molar-refractivity contribution in [3.8, 4) is 0 Å². The van der Waals surface area contributed by atoms with Gasteiger partial charge in [-0.05, 0) is 34.3 Å². The maximum atomic E-state index is 11.5. The van der Waals surface area contributed by atoms with Crippen molar-refractivity contribution in [3.63, 3.8) is 0 Å². The number of hydrogen-bond donors (Lipinski definition) is 1. The molecule has 0 radical (unpaired) electrons. The largest absolute Gasteiger partial charge is 0.459 e. The van der Waals surface area contributed by atoms with E-state index < -0.39 is 11.9 Å². The third kappa shape index (κ3) is 3.08. The number of amides is 1. The first-order chi connectivity index (χ1) is 9.11. The van der Waals surface area contributed by atoms with Gasteiger partial charge in [0.1, 0.15) is 10.4 Å². The van der Waals surface area contributed by atoms with Crippen molar-refractivity contribution < 1.29 is 14.3 Å². The summed E-state index contributed by atoms with van der Waals surface area (Å²) < 4.78 is 5.20. The number of rotatable bonds is 2. The Kier molecular flexibility index (Phi) is 4.11. The fourth-order valence-electron chi connectivity index (χ4n) is 1.58. The van der Waals surface area contributed by atoms with Crippen LogP contribution in [0.5, 0.6) is 0 Å². The molecule has 0 spiro atoms. The standard InChI is InChI=1S/C13H11BrN2O3/c1-2-19-13(18)12(17)16-10-7-8-5-3-4-6-9(8)11(14)15-10/h3-7H,2H2,1H3,(H,15,16,17). The summed E-state index contributed by atoms with van der Waals surface area (Å²) in [6, 6.07) is 9.26. The van der Waals surface area contributed by atoms with Crippen molar-refractivity contribution in [2.45, 2.75) is 6.92 Å². The maximum Gasteiger partial charge on any atom is 0.397 e. The Hall–Kier alpha value is -1.95. The number of aromatic nitrogens is 1. The van der Waals surface area contributed by atoms with E-state index in [0.717, 1.165) is 10.8 Å². The van der Waals surface area contributed by atoms with Crippen LogP contribution < -0.4 is 5.32 Å². The van der Waals surface area contributed by atoms with Crippen LogP contribution in [0.2, 0.25) is 0 Å². The number of fused-ring (bicyclic) bond motifs is 1. The molecule has 0 bridgehead atoms. The molecule has 0 aliphatic heterocycles. The third-order valence-electron chi connectivity index (χ3n) is 2.40. The lowest BCUT2D eigenvalue weighted by Crippen LogP contribution is -2.25. The molecule has 1 N–H and O–H groups in total. The molecule has 1 aromatic carbocycles. The van der Waals surface area contributed by atoms with Crippen molar-refractivity contribution in [2.75, 3.05) is 11.9 Å². The topological polar surface area (TPSA) is 68.3 Å². The molecule has 98 valence electrons. The number of carbonyl (C=O) groups excluding carboxylic acids is 2. The molecule has 2 rings (SSSR count). The molecule has 0 aliphatic rings. The van der Waals surface area contributed by atoms with Crippen LogP contribution in [0.3, 0.4) is 0 Å². The van der Waals surface area contributed by atoms with E-state index in [4.69, 9.17) is 0 Å². The van der Waals surface area contributed by atoms with Gasteiger partial charge in [-0.3, -0.25) is 4.79 Å². The number of pyridine rings is 1. The number of hydrogen-bond acceptors (Lipinski definition) is 4. The highest BCUT2D eigenvalue weighted by Gasteiger charge is 2.16. The number of carbonyl (C=O) groups is 2. The third-order valence-corrected chi connectivity index (χ3v) is 3.00. The Morgan fingerprint density at radius 1 is 1.37 bits per heavy atom. The summed E-state index contributed by atoms with van der Waals surface area (Å²) in [7, 11) is 0. The van der Waals surface area contributed by atoms with Crippen LogP contribution >= 0.6 is 15.9 Å². The summed E-state index contributed by atoms with van der Waals surface area (Å²) in [4.78, 5) is 26.9. The van der Waals surface area contributed by atoms with Crippen molar-refractivity contribution in [2.24, 2.45) is 0 Å². The monoisotopic (exact) mass is 322 g/mol. The fourth-order valence-corrected chi connectivity index (χ4v) is 2.14. The number of benzene rings is 1. The van der Waals surface area contributed by atoms with E-state index in [9.17, 15) is 9.59 Å². The molecule has 0 unspecified atom stereocenters. The van der Waals surface area contributed by atoms with Crippen molar-refractivity contribution in [3.05, 3.63) is 34.9 Å². The van der Waals surface area contributed by atoms with Gasteiger partial charge in [-0.1, -0.05) is 24.3 Å². The van der Waals surface area contributed by atoms with Gasteiger partial charge in [0, 0.05) is 5.39 Å². The highest BCUT2D eigenvalue weighted by Crippen LogP contribution is 2.24. The Morgan fingerprint density at radius 3 is 2.84 bits per heavy atom. The van der Waals surface area contributed by atoms with Crippen LogP contribution in [0.1, 0.15) is 6.92 Å². The van der Waals surface area contributed by atoms with Gasteiger partial charge in [-0.2, -0.15) is 0 Å². The Bertz CT molecular complexity index is 643. The minimum atomic E-state index is -0.923. The maximum absolute atomic E-state index is 11.5. The van der Waals surface area contributed by atoms with Gasteiger partial charge in [-0.25, -0.2) is 9.78 Å². The van der Waals surface area contributed by atoms with Gasteiger partial charge in [0.25, 0.3) is 0 Å². The molecule has 2 aromatic rings. The average Bonchev–Trinajstić information content (AvgIpc) is 2.39.